The van der Waals surface area contributed by atoms with Gasteiger partial charge in [0.25, 0.3) is 0 Å². The van der Waals surface area contributed by atoms with E-state index in [0.717, 1.165) is 27.8 Å². The average Bonchev–Trinajstić information content (AvgIpc) is 2.84. The molecule has 1 amide bonds. The van der Waals surface area contributed by atoms with Gasteiger partial charge in [-0.2, -0.15) is 0 Å². The summed E-state index contributed by atoms with van der Waals surface area (Å²) in [5.74, 6) is 0.110. The zero-order valence-corrected chi connectivity index (χ0v) is 18.1. The summed E-state index contributed by atoms with van der Waals surface area (Å²) in [5.41, 5.74) is 4.62. The van der Waals surface area contributed by atoms with E-state index in [2.05, 4.69) is 6.08 Å². The van der Waals surface area contributed by atoms with Crippen molar-refractivity contribution in [3.8, 4) is 11.5 Å². The first-order chi connectivity index (χ1) is 14.7. The molecule has 0 spiro atoms. The summed E-state index contributed by atoms with van der Waals surface area (Å²) in [4.78, 5) is 36.1. The zero-order chi connectivity index (χ0) is 22.5. The molecule has 0 saturated carbocycles. The molecular weight excluding hydrogens is 394 g/mol. The maximum absolute atomic E-state index is 11.6. The van der Waals surface area contributed by atoms with Crippen LogP contribution in [0.1, 0.15) is 49.4 Å². The van der Waals surface area contributed by atoms with Crippen molar-refractivity contribution in [1.29, 1.82) is 0 Å². The predicted octanol–water partition coefficient (Wildman–Crippen LogP) is 4.32. The van der Waals surface area contributed by atoms with E-state index in [1.165, 1.54) is 20.8 Å². The Morgan fingerprint density at radius 3 is 1.74 bits per heavy atom. The van der Waals surface area contributed by atoms with E-state index < -0.39 is 11.9 Å². The molecule has 1 aliphatic carbocycles. The SMILES string of the molecule is CC(=O)Oc1ccc2c(c1)C(=CCCN(C)C(C)=O)c1cc(OC(C)=O)ccc1C=C2. The third kappa shape index (κ3) is 5.48. The third-order valence-corrected chi connectivity index (χ3v) is 4.95. The minimum Gasteiger partial charge on any atom is -0.427 e. The largest absolute Gasteiger partial charge is 0.427 e. The highest BCUT2D eigenvalue weighted by atomic mass is 16.5. The lowest BCUT2D eigenvalue weighted by molar-refractivity contribution is -0.132. The minimum absolute atomic E-state index is 0.00368. The van der Waals surface area contributed by atoms with Gasteiger partial charge in [-0.15, -0.1) is 0 Å². The zero-order valence-electron chi connectivity index (χ0n) is 18.1. The topological polar surface area (TPSA) is 72.9 Å². The molecule has 6 heteroatoms. The number of benzene rings is 2. The van der Waals surface area contributed by atoms with E-state index in [1.807, 2.05) is 36.4 Å². The van der Waals surface area contributed by atoms with Crippen LogP contribution in [0.3, 0.4) is 0 Å². The summed E-state index contributed by atoms with van der Waals surface area (Å²) in [5, 5.41) is 0. The van der Waals surface area contributed by atoms with Crippen molar-refractivity contribution in [3.05, 3.63) is 64.7 Å². The second-order valence-electron chi connectivity index (χ2n) is 7.37. The lowest BCUT2D eigenvalue weighted by Crippen LogP contribution is -2.24. The van der Waals surface area contributed by atoms with E-state index in [0.29, 0.717) is 24.5 Å². The van der Waals surface area contributed by atoms with Gasteiger partial charge < -0.3 is 14.4 Å². The Morgan fingerprint density at radius 2 is 1.32 bits per heavy atom. The molecule has 0 heterocycles. The highest BCUT2D eigenvalue weighted by Gasteiger charge is 2.18. The van der Waals surface area contributed by atoms with Crippen LogP contribution in [-0.4, -0.2) is 36.3 Å². The number of esters is 2. The Hall–Kier alpha value is -3.67. The molecule has 0 unspecified atom stereocenters. The van der Waals surface area contributed by atoms with Crippen LogP contribution in [0.15, 0.2) is 42.5 Å². The van der Waals surface area contributed by atoms with Gasteiger partial charge in [-0.3, -0.25) is 14.4 Å². The maximum Gasteiger partial charge on any atom is 0.308 e. The van der Waals surface area contributed by atoms with Gasteiger partial charge in [0.15, 0.2) is 0 Å². The Balaban J connectivity index is 2.11. The first-order valence-corrected chi connectivity index (χ1v) is 10.00. The van der Waals surface area contributed by atoms with Crippen LogP contribution >= 0.6 is 0 Å². The van der Waals surface area contributed by atoms with Crippen LogP contribution in [0.25, 0.3) is 17.7 Å². The predicted molar refractivity (Wildman–Crippen MR) is 119 cm³/mol. The van der Waals surface area contributed by atoms with Crippen LogP contribution in [0, 0.1) is 0 Å². The molecule has 0 aliphatic heterocycles. The summed E-state index contributed by atoms with van der Waals surface area (Å²) in [7, 11) is 1.76. The number of hydrogen-bond acceptors (Lipinski definition) is 5. The van der Waals surface area contributed by atoms with Gasteiger partial charge in [-0.05, 0) is 58.5 Å². The van der Waals surface area contributed by atoms with Crippen LogP contribution in [0.2, 0.25) is 0 Å². The van der Waals surface area contributed by atoms with E-state index in [9.17, 15) is 14.4 Å². The molecule has 0 atom stereocenters. The molecule has 0 radical (unpaired) electrons. The van der Waals surface area contributed by atoms with E-state index in [-0.39, 0.29) is 5.91 Å². The van der Waals surface area contributed by atoms with Crippen molar-refractivity contribution >= 4 is 35.6 Å². The molecule has 6 nitrogen and oxygen atoms in total. The minimum atomic E-state index is -0.393. The molecule has 31 heavy (non-hydrogen) atoms. The standard InChI is InChI=1S/C25H25NO5/c1-16(27)26(4)13-5-6-23-24-14-21(30-17(2)28)11-9-19(24)7-8-20-10-12-22(15-25(20)23)31-18(3)29/h6-12,14-15H,5,13H2,1-4H3. The fraction of sp³-hybridized carbons (Fsp3) is 0.240. The highest BCUT2D eigenvalue weighted by Crippen LogP contribution is 2.37. The van der Waals surface area contributed by atoms with Crippen molar-refractivity contribution < 1.29 is 23.9 Å². The van der Waals surface area contributed by atoms with Crippen molar-refractivity contribution in [2.24, 2.45) is 0 Å². The quantitative estimate of drug-likeness (QED) is 0.455. The number of carbonyl (C=O) groups is 3. The number of carbonyl (C=O) groups excluding carboxylic acids is 3. The highest BCUT2D eigenvalue weighted by molar-refractivity contribution is 5.94. The lowest BCUT2D eigenvalue weighted by Gasteiger charge is -2.16. The Morgan fingerprint density at radius 1 is 0.839 bits per heavy atom. The van der Waals surface area contributed by atoms with Crippen molar-refractivity contribution in [3.63, 3.8) is 0 Å². The number of fused-ring (bicyclic) bond motifs is 2. The molecule has 3 rings (SSSR count). The lowest BCUT2D eigenvalue weighted by atomic mass is 9.92. The Kier molecular flexibility index (Phi) is 6.70. The Labute approximate surface area is 181 Å². The fourth-order valence-corrected chi connectivity index (χ4v) is 3.39. The number of nitrogens with zero attached hydrogens (tertiary/aromatic N) is 1. The van der Waals surface area contributed by atoms with Crippen molar-refractivity contribution in [1.82, 2.24) is 4.90 Å². The number of hydrogen-bond donors (Lipinski definition) is 0. The monoisotopic (exact) mass is 419 g/mol. The van der Waals surface area contributed by atoms with Gasteiger partial charge >= 0.3 is 11.9 Å². The second-order valence-corrected chi connectivity index (χ2v) is 7.37. The van der Waals surface area contributed by atoms with E-state index in [1.54, 1.807) is 24.1 Å². The van der Waals surface area contributed by atoms with Gasteiger partial charge in [-0.25, -0.2) is 0 Å². The molecule has 0 bridgehead atoms. The maximum atomic E-state index is 11.6. The summed E-state index contributed by atoms with van der Waals surface area (Å²) < 4.78 is 10.6. The van der Waals surface area contributed by atoms with Crippen LogP contribution in [-0.2, 0) is 14.4 Å². The molecule has 0 aromatic heterocycles. The number of rotatable bonds is 5. The molecule has 2 aromatic rings. The third-order valence-electron chi connectivity index (χ3n) is 4.95. The van der Waals surface area contributed by atoms with E-state index >= 15 is 0 Å². The molecule has 0 N–H and O–H groups in total. The van der Waals surface area contributed by atoms with Crippen LogP contribution in [0.4, 0.5) is 0 Å². The van der Waals surface area contributed by atoms with Gasteiger partial charge in [0.2, 0.25) is 5.91 Å². The molecule has 160 valence electrons. The van der Waals surface area contributed by atoms with Gasteiger partial charge in [0, 0.05) is 34.4 Å². The molecular formula is C25H25NO5. The molecule has 0 fully saturated rings. The van der Waals surface area contributed by atoms with Gasteiger partial charge in [0.05, 0.1) is 0 Å². The van der Waals surface area contributed by atoms with Crippen molar-refractivity contribution in [2.75, 3.05) is 13.6 Å². The number of amides is 1. The normalized spacial score (nSPS) is 11.7. The first kappa shape index (κ1) is 22.0. The molecule has 1 aliphatic rings. The van der Waals surface area contributed by atoms with Gasteiger partial charge in [0.1, 0.15) is 11.5 Å². The average molecular weight is 419 g/mol. The summed E-state index contributed by atoms with van der Waals surface area (Å²) in [6.45, 7) is 4.81. The van der Waals surface area contributed by atoms with Crippen molar-refractivity contribution in [2.45, 2.75) is 27.2 Å². The smallest absolute Gasteiger partial charge is 0.308 e. The van der Waals surface area contributed by atoms with E-state index in [4.69, 9.17) is 9.47 Å². The van der Waals surface area contributed by atoms with Crippen LogP contribution in [0.5, 0.6) is 11.5 Å². The summed E-state index contributed by atoms with van der Waals surface area (Å²) in [6, 6.07) is 11.0. The summed E-state index contributed by atoms with van der Waals surface area (Å²) >= 11 is 0. The number of ether oxygens (including phenoxy) is 2. The Bertz CT molecular complexity index is 1030. The van der Waals surface area contributed by atoms with Crippen LogP contribution < -0.4 is 9.47 Å². The summed E-state index contributed by atoms with van der Waals surface area (Å²) in [6.07, 6.45) is 6.68. The fourth-order valence-electron chi connectivity index (χ4n) is 3.39. The van der Waals surface area contributed by atoms with Gasteiger partial charge in [-0.1, -0.05) is 30.4 Å². The first-order valence-electron chi connectivity index (χ1n) is 10.00. The molecule has 2 aromatic carbocycles. The molecule has 0 saturated heterocycles. The second kappa shape index (κ2) is 9.43.